The van der Waals surface area contributed by atoms with Gasteiger partial charge in [0, 0.05) is 24.4 Å². The van der Waals surface area contributed by atoms with E-state index in [0.29, 0.717) is 13.1 Å². The van der Waals surface area contributed by atoms with E-state index in [4.69, 9.17) is 9.84 Å². The van der Waals surface area contributed by atoms with Crippen LogP contribution in [0.4, 0.5) is 4.79 Å². The normalized spacial score (nSPS) is 21.9. The number of carboxylic acids is 1. The molecule has 0 radical (unpaired) electrons. The molecule has 2 aliphatic rings. The Morgan fingerprint density at radius 1 is 1.32 bits per heavy atom. The Hall–Kier alpha value is -0.950. The lowest BCUT2D eigenvalue weighted by Crippen LogP contribution is -2.72. The summed E-state index contributed by atoms with van der Waals surface area (Å²) in [6, 6.07) is 0. The largest absolute Gasteiger partial charge is 0.481 e. The molecule has 6 nitrogen and oxygen atoms in total. The second-order valence-corrected chi connectivity index (χ2v) is 8.70. The molecule has 0 aromatic heterocycles. The number of nitrogens with one attached hydrogen (secondary N) is 1. The van der Waals surface area contributed by atoms with Gasteiger partial charge in [-0.25, -0.2) is 4.79 Å². The Kier molecular flexibility index (Phi) is 4.69. The Balaban J connectivity index is 1.90. The smallest absolute Gasteiger partial charge is 0.410 e. The summed E-state index contributed by atoms with van der Waals surface area (Å²) in [5.41, 5.74) is -1.06. The van der Waals surface area contributed by atoms with Gasteiger partial charge in [0.15, 0.2) is 0 Å². The predicted octanol–water partition coefficient (Wildman–Crippen LogP) is 1.94. The third-order valence-electron chi connectivity index (χ3n) is 4.15. The highest BCUT2D eigenvalue weighted by Crippen LogP contribution is 2.47. The molecule has 0 atom stereocenters. The van der Waals surface area contributed by atoms with Crippen LogP contribution in [0.15, 0.2) is 0 Å². The first-order valence-electron chi connectivity index (χ1n) is 7.59. The highest BCUT2D eigenvalue weighted by molar-refractivity contribution is 8.00. The number of aliphatic carboxylic acids is 1. The van der Waals surface area contributed by atoms with Gasteiger partial charge >= 0.3 is 12.1 Å². The van der Waals surface area contributed by atoms with Gasteiger partial charge in [0.05, 0.1) is 12.0 Å². The van der Waals surface area contributed by atoms with E-state index in [9.17, 15) is 9.59 Å². The minimum absolute atomic E-state index is 0.0246. The van der Waals surface area contributed by atoms with Gasteiger partial charge in [0.2, 0.25) is 0 Å². The maximum atomic E-state index is 12.0. The van der Waals surface area contributed by atoms with Crippen LogP contribution in [-0.2, 0) is 9.53 Å². The molecule has 22 heavy (non-hydrogen) atoms. The first-order chi connectivity index (χ1) is 10.1. The summed E-state index contributed by atoms with van der Waals surface area (Å²) < 4.78 is 5.59. The quantitative estimate of drug-likeness (QED) is 0.775. The first-order valence-corrected chi connectivity index (χ1v) is 8.81. The van der Waals surface area contributed by atoms with Gasteiger partial charge in [-0.3, -0.25) is 4.79 Å². The number of amides is 1. The predicted molar refractivity (Wildman–Crippen MR) is 86.3 cm³/mol. The van der Waals surface area contributed by atoms with Crippen LogP contribution in [0, 0.1) is 0 Å². The zero-order valence-electron chi connectivity index (χ0n) is 13.8. The fourth-order valence-electron chi connectivity index (χ4n) is 2.66. The molecule has 2 N–H and O–H groups in total. The van der Waals surface area contributed by atoms with Crippen LogP contribution in [-0.4, -0.2) is 63.8 Å². The fraction of sp³-hybridized carbons (Fsp3) is 0.867. The molecule has 7 heteroatoms. The van der Waals surface area contributed by atoms with Crippen LogP contribution < -0.4 is 5.32 Å². The lowest BCUT2D eigenvalue weighted by atomic mass is 9.86. The van der Waals surface area contributed by atoms with Crippen molar-refractivity contribution in [3.05, 3.63) is 0 Å². The molecular weight excluding hydrogens is 304 g/mol. The number of hydrogen-bond donors (Lipinski definition) is 2. The SMILES string of the molecule is CSC1(CNC2(CC(=O)O)CN(C(=O)OC(C)(C)C)C2)CC1. The average Bonchev–Trinajstić information content (AvgIpc) is 3.09. The van der Waals surface area contributed by atoms with Crippen molar-refractivity contribution in [2.75, 3.05) is 25.9 Å². The molecule has 1 saturated heterocycles. The topological polar surface area (TPSA) is 78.9 Å². The summed E-state index contributed by atoms with van der Waals surface area (Å²) in [5, 5.41) is 12.6. The molecule has 1 saturated carbocycles. The summed E-state index contributed by atoms with van der Waals surface area (Å²) in [6.07, 6.45) is 4.07. The van der Waals surface area contributed by atoms with E-state index in [1.807, 2.05) is 32.5 Å². The van der Waals surface area contributed by atoms with E-state index >= 15 is 0 Å². The average molecular weight is 330 g/mol. The molecule has 1 heterocycles. The van der Waals surface area contributed by atoms with Crippen molar-refractivity contribution in [3.8, 4) is 0 Å². The van der Waals surface area contributed by atoms with E-state index in [-0.39, 0.29) is 17.3 Å². The summed E-state index contributed by atoms with van der Waals surface area (Å²) in [5.74, 6) is -0.842. The van der Waals surface area contributed by atoms with E-state index in [0.717, 1.165) is 6.54 Å². The summed E-state index contributed by atoms with van der Waals surface area (Å²) in [4.78, 5) is 24.7. The third-order valence-corrected chi connectivity index (χ3v) is 5.57. The number of carbonyl (C=O) groups is 2. The molecule has 2 rings (SSSR count). The maximum absolute atomic E-state index is 12.0. The summed E-state index contributed by atoms with van der Waals surface area (Å²) in [7, 11) is 0. The zero-order valence-corrected chi connectivity index (χ0v) is 14.6. The van der Waals surface area contributed by atoms with Gasteiger partial charge in [0.1, 0.15) is 5.60 Å². The Labute approximate surface area is 136 Å². The second kappa shape index (κ2) is 5.92. The highest BCUT2D eigenvalue weighted by Gasteiger charge is 2.50. The van der Waals surface area contributed by atoms with Crippen molar-refractivity contribution in [1.82, 2.24) is 10.2 Å². The number of ether oxygens (including phenoxy) is 1. The molecule has 1 aliphatic carbocycles. The molecular formula is C15H26N2O4S. The monoisotopic (exact) mass is 330 g/mol. The Morgan fingerprint density at radius 3 is 2.32 bits per heavy atom. The van der Waals surface area contributed by atoms with Crippen LogP contribution in [0.3, 0.4) is 0 Å². The number of thioether (sulfide) groups is 1. The Morgan fingerprint density at radius 2 is 1.91 bits per heavy atom. The van der Waals surface area contributed by atoms with Crippen LogP contribution in [0.2, 0.25) is 0 Å². The van der Waals surface area contributed by atoms with Gasteiger partial charge in [-0.15, -0.1) is 0 Å². The van der Waals surface area contributed by atoms with Gasteiger partial charge in [-0.1, -0.05) is 0 Å². The minimum atomic E-state index is -0.842. The zero-order chi connectivity index (χ0) is 16.6. The molecule has 126 valence electrons. The van der Waals surface area contributed by atoms with Gasteiger partial charge < -0.3 is 20.1 Å². The summed E-state index contributed by atoms with van der Waals surface area (Å²) >= 11 is 1.83. The van der Waals surface area contributed by atoms with Crippen molar-refractivity contribution in [2.24, 2.45) is 0 Å². The van der Waals surface area contributed by atoms with Crippen molar-refractivity contribution in [1.29, 1.82) is 0 Å². The van der Waals surface area contributed by atoms with Crippen LogP contribution in [0.5, 0.6) is 0 Å². The molecule has 0 bridgehead atoms. The summed E-state index contributed by atoms with van der Waals surface area (Å²) in [6.45, 7) is 7.04. The van der Waals surface area contributed by atoms with E-state index < -0.39 is 17.1 Å². The number of rotatable bonds is 6. The molecule has 1 aliphatic heterocycles. The Bertz CT molecular complexity index is 451. The molecule has 0 aromatic rings. The van der Waals surface area contributed by atoms with Crippen LogP contribution in [0.25, 0.3) is 0 Å². The van der Waals surface area contributed by atoms with Crippen molar-refractivity contribution in [2.45, 2.75) is 55.9 Å². The number of nitrogens with zero attached hydrogens (tertiary/aromatic N) is 1. The van der Waals surface area contributed by atoms with Crippen molar-refractivity contribution < 1.29 is 19.4 Å². The molecule has 0 aromatic carbocycles. The van der Waals surface area contributed by atoms with E-state index in [2.05, 4.69) is 11.6 Å². The highest BCUT2D eigenvalue weighted by atomic mass is 32.2. The number of hydrogen-bond acceptors (Lipinski definition) is 5. The number of carboxylic acid groups (broad SMARTS) is 1. The van der Waals surface area contributed by atoms with Gasteiger partial charge in [-0.05, 0) is 39.9 Å². The van der Waals surface area contributed by atoms with E-state index in [1.54, 1.807) is 4.90 Å². The molecule has 0 unspecified atom stereocenters. The molecule has 0 spiro atoms. The standard InChI is InChI=1S/C15H26N2O4S/c1-13(2,3)21-12(20)17-9-14(10-17,7-11(18)19)16-8-15(22-4)5-6-15/h16H,5-10H2,1-4H3,(H,18,19). The lowest BCUT2D eigenvalue weighted by Gasteiger charge is -2.50. The van der Waals surface area contributed by atoms with Crippen molar-refractivity contribution >= 4 is 23.8 Å². The molecule has 2 fully saturated rings. The van der Waals surface area contributed by atoms with Crippen LogP contribution in [0.1, 0.15) is 40.0 Å². The van der Waals surface area contributed by atoms with Crippen LogP contribution >= 0.6 is 11.8 Å². The molecule has 1 amide bonds. The second-order valence-electron chi connectivity index (χ2n) is 7.43. The van der Waals surface area contributed by atoms with Gasteiger partial charge in [0.25, 0.3) is 0 Å². The minimum Gasteiger partial charge on any atom is -0.481 e. The maximum Gasteiger partial charge on any atom is 0.410 e. The lowest BCUT2D eigenvalue weighted by molar-refractivity contribution is -0.141. The fourth-order valence-corrected chi connectivity index (χ4v) is 3.38. The third kappa shape index (κ3) is 4.29. The number of likely N-dealkylation sites (tertiary alicyclic amines) is 1. The first kappa shape index (κ1) is 17.4. The van der Waals surface area contributed by atoms with Gasteiger partial charge in [-0.2, -0.15) is 11.8 Å². The number of carbonyl (C=O) groups excluding carboxylic acids is 1. The van der Waals surface area contributed by atoms with E-state index in [1.165, 1.54) is 12.8 Å². The van der Waals surface area contributed by atoms with Crippen molar-refractivity contribution in [3.63, 3.8) is 0 Å².